The molecule has 1 fully saturated rings. The van der Waals surface area contributed by atoms with Gasteiger partial charge in [-0.1, -0.05) is 0 Å². The van der Waals surface area contributed by atoms with Crippen LogP contribution >= 0.6 is 0 Å². The van der Waals surface area contributed by atoms with Crippen molar-refractivity contribution >= 4 is 33.3 Å². The Morgan fingerprint density at radius 3 is 1.50 bits per heavy atom. The summed E-state index contributed by atoms with van der Waals surface area (Å²) in [6, 6.07) is 0. The monoisotopic (exact) mass is 500 g/mol. The van der Waals surface area contributed by atoms with Crippen LogP contribution in [-0.2, 0) is 22.4 Å². The minimum atomic E-state index is -2.19. The molecule has 178 valence electrons. The smallest absolute Gasteiger partial charge is 0.310 e. The number of hydrogen-bond donors (Lipinski definition) is 0. The molecule has 0 amide bonds. The Labute approximate surface area is 186 Å². The molecule has 1 aliphatic rings. The van der Waals surface area contributed by atoms with Crippen molar-refractivity contribution in [2.75, 3.05) is 6.61 Å². The molecule has 0 aromatic rings. The normalized spacial score (nSPS) is 26.5. The first-order valence-corrected chi connectivity index (χ1v) is 24.2. The molecule has 11 heteroatoms. The predicted molar refractivity (Wildman–Crippen MR) is 128 cm³/mol. The fourth-order valence-corrected chi connectivity index (χ4v) is 6.88. The van der Waals surface area contributed by atoms with Crippen molar-refractivity contribution in [3.05, 3.63) is 11.8 Å². The van der Waals surface area contributed by atoms with Crippen molar-refractivity contribution in [3.63, 3.8) is 0 Å². The lowest BCUT2D eigenvalue weighted by Crippen LogP contribution is -2.62. The van der Waals surface area contributed by atoms with Crippen LogP contribution in [0.5, 0.6) is 0 Å². The third-order valence-electron chi connectivity index (χ3n) is 3.85. The number of halogens is 2. The van der Waals surface area contributed by atoms with Gasteiger partial charge >= 0.3 is 6.08 Å². The number of ether oxygens (including phenoxy) is 1. The van der Waals surface area contributed by atoms with Gasteiger partial charge in [0.1, 0.15) is 24.4 Å². The summed E-state index contributed by atoms with van der Waals surface area (Å²) in [5, 5.41) is 0. The van der Waals surface area contributed by atoms with E-state index < -0.39 is 69.5 Å². The summed E-state index contributed by atoms with van der Waals surface area (Å²) in [4.78, 5) is 0. The van der Waals surface area contributed by atoms with Gasteiger partial charge in [0.15, 0.2) is 39.0 Å². The Bertz CT molecular complexity index is 602. The fourth-order valence-electron chi connectivity index (χ4n) is 3.03. The van der Waals surface area contributed by atoms with E-state index in [2.05, 4.69) is 39.3 Å². The predicted octanol–water partition coefficient (Wildman–Crippen LogP) is 6.01. The lowest BCUT2D eigenvalue weighted by atomic mass is 9.98. The van der Waals surface area contributed by atoms with E-state index in [1.54, 1.807) is 0 Å². The second-order valence-electron chi connectivity index (χ2n) is 11.7. The van der Waals surface area contributed by atoms with Crippen LogP contribution in [0.2, 0.25) is 78.6 Å². The topological polar surface area (TPSA) is 46.2 Å². The van der Waals surface area contributed by atoms with Crippen LogP contribution in [0.15, 0.2) is 11.8 Å². The molecule has 1 heterocycles. The van der Waals surface area contributed by atoms with Crippen LogP contribution in [0.4, 0.5) is 8.78 Å². The van der Waals surface area contributed by atoms with Crippen molar-refractivity contribution < 1.29 is 31.2 Å². The Morgan fingerprint density at radius 1 is 0.700 bits per heavy atom. The molecule has 0 spiro atoms. The van der Waals surface area contributed by atoms with Gasteiger partial charge in [0.05, 0.1) is 6.61 Å². The molecular weight excluding hydrogens is 459 g/mol. The summed E-state index contributed by atoms with van der Waals surface area (Å²) in [7, 11) is -8.25. The van der Waals surface area contributed by atoms with Gasteiger partial charge in [-0.25, -0.2) is 0 Å². The van der Waals surface area contributed by atoms with Crippen LogP contribution in [0.1, 0.15) is 0 Å². The van der Waals surface area contributed by atoms with Gasteiger partial charge in [-0.2, -0.15) is 8.78 Å². The summed E-state index contributed by atoms with van der Waals surface area (Å²) < 4.78 is 59.2. The van der Waals surface area contributed by atoms with E-state index in [-0.39, 0.29) is 6.61 Å². The quantitative estimate of drug-likeness (QED) is 0.363. The molecule has 30 heavy (non-hydrogen) atoms. The van der Waals surface area contributed by atoms with E-state index >= 15 is 0 Å². The molecule has 4 atom stereocenters. The van der Waals surface area contributed by atoms with Gasteiger partial charge in [-0.05, 0) is 78.6 Å². The maximum absolute atomic E-state index is 14.0. The molecule has 5 nitrogen and oxygen atoms in total. The Morgan fingerprint density at radius 2 is 1.13 bits per heavy atom. The van der Waals surface area contributed by atoms with Crippen molar-refractivity contribution in [3.8, 4) is 0 Å². The largest absolute Gasteiger partial charge is 0.481 e. The van der Waals surface area contributed by atoms with Gasteiger partial charge in [0, 0.05) is 0 Å². The highest BCUT2D eigenvalue weighted by atomic mass is 28.4. The zero-order chi connectivity index (χ0) is 23.7. The third kappa shape index (κ3) is 10.2. The molecule has 0 aromatic carbocycles. The molecule has 1 rings (SSSR count). The molecule has 0 saturated carbocycles. The number of hydrogen-bond acceptors (Lipinski definition) is 5. The van der Waals surface area contributed by atoms with E-state index in [9.17, 15) is 8.78 Å². The van der Waals surface area contributed by atoms with Gasteiger partial charge < -0.3 is 22.4 Å². The minimum absolute atomic E-state index is 0.187. The van der Waals surface area contributed by atoms with Crippen molar-refractivity contribution in [1.82, 2.24) is 0 Å². The molecule has 0 bridgehead atoms. The summed E-state index contributed by atoms with van der Waals surface area (Å²) in [5.41, 5.74) is 0. The molecule has 1 aliphatic heterocycles. The average Bonchev–Trinajstić information content (AvgIpc) is 2.44. The lowest BCUT2D eigenvalue weighted by molar-refractivity contribution is -0.150. The van der Waals surface area contributed by atoms with Crippen molar-refractivity contribution in [1.29, 1.82) is 0 Å². The first-order valence-electron chi connectivity index (χ1n) is 10.6. The second kappa shape index (κ2) is 9.94. The van der Waals surface area contributed by atoms with Crippen molar-refractivity contribution in [2.45, 2.75) is 103 Å². The first-order chi connectivity index (χ1) is 13.2. The van der Waals surface area contributed by atoms with Crippen molar-refractivity contribution in [2.24, 2.45) is 0 Å². The zero-order valence-corrected chi connectivity index (χ0v) is 24.8. The maximum Gasteiger partial charge on any atom is 0.310 e. The lowest BCUT2D eigenvalue weighted by Gasteiger charge is -2.48. The molecule has 0 aliphatic carbocycles. The highest BCUT2D eigenvalue weighted by Crippen LogP contribution is 2.37. The van der Waals surface area contributed by atoms with Crippen LogP contribution in [0.25, 0.3) is 0 Å². The molecule has 0 aromatic heterocycles. The third-order valence-corrected chi connectivity index (χ3v) is 7.80. The van der Waals surface area contributed by atoms with Crippen LogP contribution in [0, 0.1) is 0 Å². The first kappa shape index (κ1) is 28.1. The highest BCUT2D eigenvalue weighted by molar-refractivity contribution is 6.71. The standard InChI is InChI=1S/C19H42F2O5Si4/c1-27(2,3)22-13-14-15(24-28(4,5)6)16(25-29(7,8)9)17(26-30(10,11)12)18(23-14)19(20)21/h14-17H,13H2,1-12H3/t14-,15-,16+,17-/m1/s1. The SMILES string of the molecule is C[Si](C)(C)OC[C@H]1OC(=C(F)F)[C@H](O[Si](C)(C)C)[C@@H](O[Si](C)(C)C)[C@@H]1O[Si](C)(C)C. The fraction of sp³-hybridized carbons (Fsp3) is 0.895. The van der Waals surface area contributed by atoms with E-state index in [1.807, 2.05) is 39.3 Å². The maximum atomic E-state index is 14.0. The zero-order valence-electron chi connectivity index (χ0n) is 20.8. The van der Waals surface area contributed by atoms with E-state index in [1.165, 1.54) is 0 Å². The number of rotatable bonds is 9. The van der Waals surface area contributed by atoms with Crippen LogP contribution < -0.4 is 0 Å². The van der Waals surface area contributed by atoms with Gasteiger partial charge in [-0.15, -0.1) is 0 Å². The van der Waals surface area contributed by atoms with Gasteiger partial charge in [-0.3, -0.25) is 0 Å². The Balaban J connectivity index is 3.49. The second-order valence-corrected chi connectivity index (χ2v) is 29.6. The molecular formula is C19H42F2O5Si4. The summed E-state index contributed by atoms with van der Waals surface area (Å²) in [5.74, 6) is -0.430. The average molecular weight is 501 g/mol. The van der Waals surface area contributed by atoms with E-state index in [4.69, 9.17) is 22.4 Å². The van der Waals surface area contributed by atoms with E-state index in [0.717, 1.165) is 0 Å². The van der Waals surface area contributed by atoms with Crippen LogP contribution in [0.3, 0.4) is 0 Å². The molecule has 0 radical (unpaired) electrons. The summed E-state index contributed by atoms with van der Waals surface area (Å²) in [6.07, 6.45) is -4.74. The highest BCUT2D eigenvalue weighted by Gasteiger charge is 2.51. The van der Waals surface area contributed by atoms with Gasteiger partial charge in [0.25, 0.3) is 0 Å². The summed E-state index contributed by atoms with van der Waals surface area (Å²) >= 11 is 0. The van der Waals surface area contributed by atoms with Gasteiger partial charge in [0.2, 0.25) is 0 Å². The molecule has 0 unspecified atom stereocenters. The Hall–Kier alpha value is 0.108. The summed E-state index contributed by atoms with van der Waals surface area (Å²) in [6.45, 7) is 24.6. The molecule has 1 saturated heterocycles. The van der Waals surface area contributed by atoms with E-state index in [0.29, 0.717) is 0 Å². The Kier molecular flexibility index (Phi) is 9.32. The minimum Gasteiger partial charge on any atom is -0.481 e. The van der Waals surface area contributed by atoms with Crippen LogP contribution in [-0.4, -0.2) is 64.3 Å². The molecule has 0 N–H and O–H groups in total.